The summed E-state index contributed by atoms with van der Waals surface area (Å²) in [5.41, 5.74) is 0.568. The molecule has 5 N–H and O–H groups in total. The standard InChI is InChI=1S/C25H38F3N5O9/c26-25(27,28)24(38)29-20-3-1-19(2-4-20)15-21-16-32(17-22(34)35)8-7-30(11-13-41-39)5-6-31(12-14-42-40)9-10-33(21)18-23(36)37/h1-4,21,39-40H,5-18H2,(H,29,38)(H,34,35)(H,36,37). The van der Waals surface area contributed by atoms with Crippen LogP contribution in [-0.2, 0) is 30.6 Å². The number of carbonyl (C=O) groups is 3. The van der Waals surface area contributed by atoms with Crippen LogP contribution < -0.4 is 5.32 Å². The summed E-state index contributed by atoms with van der Waals surface area (Å²) in [6, 6.07) is 5.14. The molecular weight excluding hydrogens is 571 g/mol. The highest BCUT2D eigenvalue weighted by Crippen LogP contribution is 2.20. The average molecular weight is 610 g/mol. The minimum Gasteiger partial charge on any atom is -0.480 e. The molecule has 1 heterocycles. The van der Waals surface area contributed by atoms with Gasteiger partial charge in [-0.15, -0.1) is 0 Å². The molecule has 1 unspecified atom stereocenters. The predicted octanol–water partition coefficient (Wildman–Crippen LogP) is 0.469. The lowest BCUT2D eigenvalue weighted by Crippen LogP contribution is -2.53. The van der Waals surface area contributed by atoms with Gasteiger partial charge in [0.1, 0.15) is 0 Å². The van der Waals surface area contributed by atoms with E-state index in [1.165, 1.54) is 24.3 Å². The van der Waals surface area contributed by atoms with Crippen molar-refractivity contribution in [1.29, 1.82) is 0 Å². The Morgan fingerprint density at radius 2 is 1.31 bits per heavy atom. The summed E-state index contributed by atoms with van der Waals surface area (Å²) in [5.74, 6) is -4.28. The number of anilines is 1. The average Bonchev–Trinajstić information content (AvgIpc) is 2.91. The SMILES string of the molecule is O=C(O)CN1CCN(CCOO)CCN(CCOO)CCN(CC(=O)O)C(Cc2ccc(NC(=O)C(F)(F)F)cc2)C1. The van der Waals surface area contributed by atoms with Gasteiger partial charge in [-0.1, -0.05) is 12.1 Å². The fourth-order valence-electron chi connectivity index (χ4n) is 4.64. The van der Waals surface area contributed by atoms with Gasteiger partial charge in [0.15, 0.2) is 0 Å². The Hall–Kier alpha value is -2.90. The number of hydrogen-bond donors (Lipinski definition) is 5. The van der Waals surface area contributed by atoms with Crippen molar-refractivity contribution in [1.82, 2.24) is 19.6 Å². The first kappa shape index (κ1) is 35.3. The first-order valence-corrected chi connectivity index (χ1v) is 13.3. The molecule has 2 rings (SSSR count). The maximum atomic E-state index is 12.6. The van der Waals surface area contributed by atoms with E-state index in [1.807, 2.05) is 9.80 Å². The van der Waals surface area contributed by atoms with E-state index in [-0.39, 0.29) is 51.5 Å². The second-order valence-electron chi connectivity index (χ2n) is 9.85. The zero-order valence-electron chi connectivity index (χ0n) is 23.0. The molecule has 1 aliphatic heterocycles. The zero-order chi connectivity index (χ0) is 31.1. The molecule has 1 amide bonds. The summed E-state index contributed by atoms with van der Waals surface area (Å²) in [5, 5.41) is 38.7. The van der Waals surface area contributed by atoms with Crippen LogP contribution in [0.5, 0.6) is 0 Å². The van der Waals surface area contributed by atoms with Crippen LogP contribution >= 0.6 is 0 Å². The van der Waals surface area contributed by atoms with Crippen molar-refractivity contribution >= 4 is 23.5 Å². The molecule has 1 aromatic carbocycles. The highest BCUT2D eigenvalue weighted by atomic mass is 19.4. The van der Waals surface area contributed by atoms with Gasteiger partial charge in [0.25, 0.3) is 0 Å². The van der Waals surface area contributed by atoms with E-state index in [0.29, 0.717) is 51.4 Å². The molecular formula is C25H38F3N5O9. The van der Waals surface area contributed by atoms with Crippen LogP contribution in [0.25, 0.3) is 0 Å². The number of nitrogens with zero attached hydrogens (tertiary/aromatic N) is 4. The maximum Gasteiger partial charge on any atom is 0.471 e. The van der Waals surface area contributed by atoms with Crippen molar-refractivity contribution < 1.29 is 58.1 Å². The minimum atomic E-state index is -5.05. The van der Waals surface area contributed by atoms with Crippen molar-refractivity contribution in [3.05, 3.63) is 29.8 Å². The van der Waals surface area contributed by atoms with E-state index in [2.05, 4.69) is 9.78 Å². The normalized spacial score (nSPS) is 19.1. The number of carbonyl (C=O) groups excluding carboxylic acids is 1. The second kappa shape index (κ2) is 17.9. The van der Waals surface area contributed by atoms with E-state index in [0.717, 1.165) is 0 Å². The Balaban J connectivity index is 2.35. The van der Waals surface area contributed by atoms with Crippen LogP contribution in [0.15, 0.2) is 24.3 Å². The number of rotatable bonds is 13. The van der Waals surface area contributed by atoms with Crippen molar-refractivity contribution in [3.8, 4) is 0 Å². The highest BCUT2D eigenvalue weighted by Gasteiger charge is 2.38. The van der Waals surface area contributed by atoms with Crippen molar-refractivity contribution in [2.45, 2.75) is 18.6 Å². The van der Waals surface area contributed by atoms with Gasteiger partial charge in [0, 0.05) is 70.6 Å². The number of carboxylic acid groups (broad SMARTS) is 2. The monoisotopic (exact) mass is 609 g/mol. The topological polar surface area (TPSA) is 176 Å². The first-order valence-electron chi connectivity index (χ1n) is 13.3. The molecule has 1 atom stereocenters. The van der Waals surface area contributed by atoms with Gasteiger partial charge in [0.2, 0.25) is 0 Å². The summed E-state index contributed by atoms with van der Waals surface area (Å²) in [6.07, 6.45) is -4.81. The smallest absolute Gasteiger partial charge is 0.471 e. The number of halogens is 3. The van der Waals surface area contributed by atoms with Gasteiger partial charge >= 0.3 is 24.0 Å². The molecule has 14 nitrogen and oxygen atoms in total. The van der Waals surface area contributed by atoms with E-state index in [1.54, 1.807) is 15.1 Å². The summed E-state index contributed by atoms with van der Waals surface area (Å²) in [7, 11) is 0. The number of hydrogen-bond acceptors (Lipinski definition) is 11. The van der Waals surface area contributed by atoms with Crippen LogP contribution in [0.2, 0.25) is 0 Å². The fourth-order valence-corrected chi connectivity index (χ4v) is 4.64. The molecule has 17 heteroatoms. The molecule has 1 saturated heterocycles. The number of aliphatic carboxylic acids is 2. The van der Waals surface area contributed by atoms with E-state index in [4.69, 9.17) is 10.5 Å². The molecule has 0 spiro atoms. The Bertz CT molecular complexity index is 987. The third-order valence-corrected chi connectivity index (χ3v) is 6.79. The predicted molar refractivity (Wildman–Crippen MR) is 142 cm³/mol. The van der Waals surface area contributed by atoms with Gasteiger partial charge in [-0.3, -0.25) is 44.5 Å². The summed E-state index contributed by atoms with van der Waals surface area (Å²) >= 11 is 0. The Morgan fingerprint density at radius 1 is 0.810 bits per heavy atom. The lowest BCUT2D eigenvalue weighted by atomic mass is 10.0. The third-order valence-electron chi connectivity index (χ3n) is 6.79. The van der Waals surface area contributed by atoms with Crippen molar-refractivity contribution in [2.24, 2.45) is 0 Å². The van der Waals surface area contributed by atoms with E-state index >= 15 is 0 Å². The zero-order valence-corrected chi connectivity index (χ0v) is 23.0. The fraction of sp³-hybridized carbons (Fsp3) is 0.640. The molecule has 0 aliphatic carbocycles. The second-order valence-corrected chi connectivity index (χ2v) is 9.85. The number of carboxylic acids is 2. The van der Waals surface area contributed by atoms with Crippen molar-refractivity contribution in [3.63, 3.8) is 0 Å². The molecule has 42 heavy (non-hydrogen) atoms. The molecule has 1 fully saturated rings. The summed E-state index contributed by atoms with van der Waals surface area (Å²) in [4.78, 5) is 50.6. The van der Waals surface area contributed by atoms with Crippen LogP contribution in [0, 0.1) is 0 Å². The minimum absolute atomic E-state index is 0.0196. The molecule has 0 bridgehead atoms. The van der Waals surface area contributed by atoms with Crippen molar-refractivity contribution in [2.75, 3.05) is 90.5 Å². The highest BCUT2D eigenvalue weighted by molar-refractivity contribution is 5.94. The lowest BCUT2D eigenvalue weighted by Gasteiger charge is -2.38. The third kappa shape index (κ3) is 13.4. The molecule has 0 radical (unpaired) electrons. The van der Waals surface area contributed by atoms with Gasteiger partial charge in [-0.25, -0.2) is 9.78 Å². The van der Waals surface area contributed by atoms with Crippen LogP contribution in [0.3, 0.4) is 0 Å². The maximum absolute atomic E-state index is 12.6. The van der Waals surface area contributed by atoms with E-state index < -0.39 is 30.1 Å². The quantitative estimate of drug-likeness (QED) is 0.154. The van der Waals surface area contributed by atoms with Crippen LogP contribution in [0.4, 0.5) is 18.9 Å². The molecule has 0 aromatic heterocycles. The van der Waals surface area contributed by atoms with Gasteiger partial charge in [-0.2, -0.15) is 13.2 Å². The summed E-state index contributed by atoms with van der Waals surface area (Å²) in [6.45, 7) is 2.67. The number of alkyl halides is 3. The van der Waals surface area contributed by atoms with Gasteiger partial charge < -0.3 is 15.5 Å². The van der Waals surface area contributed by atoms with Crippen LogP contribution in [0.1, 0.15) is 5.56 Å². The van der Waals surface area contributed by atoms with Gasteiger partial charge in [0.05, 0.1) is 26.3 Å². The number of benzene rings is 1. The Morgan fingerprint density at radius 3 is 1.79 bits per heavy atom. The molecule has 238 valence electrons. The Labute approximate surface area is 240 Å². The first-order chi connectivity index (χ1) is 19.9. The Kier molecular flexibility index (Phi) is 15.1. The van der Waals surface area contributed by atoms with Crippen LogP contribution in [-0.4, -0.2) is 156 Å². The number of amides is 1. The largest absolute Gasteiger partial charge is 0.480 e. The molecule has 1 aliphatic rings. The van der Waals surface area contributed by atoms with Gasteiger partial charge in [-0.05, 0) is 24.1 Å². The van der Waals surface area contributed by atoms with E-state index in [9.17, 15) is 37.8 Å². The summed E-state index contributed by atoms with van der Waals surface area (Å²) < 4.78 is 37.8. The number of nitrogens with one attached hydrogen (secondary N) is 1. The molecule has 0 saturated carbocycles. The molecule has 1 aromatic rings. The lowest BCUT2D eigenvalue weighted by molar-refractivity contribution is -0.245.